The van der Waals surface area contributed by atoms with E-state index in [0.717, 1.165) is 0 Å². The van der Waals surface area contributed by atoms with Crippen LogP contribution in [0.3, 0.4) is 0 Å². The van der Waals surface area contributed by atoms with Gasteiger partial charge in [0.1, 0.15) is 29.5 Å². The Labute approximate surface area is 347 Å². The number of aliphatic hydroxyl groups is 3. The highest BCUT2D eigenvalue weighted by Crippen LogP contribution is 2.69. The molecule has 1 heterocycles. The second-order valence-corrected chi connectivity index (χ2v) is 18.8. The zero-order chi connectivity index (χ0) is 43.5. The van der Waals surface area contributed by atoms with E-state index in [0.29, 0.717) is 17.5 Å². The number of hydrogen-bond acceptors (Lipinski definition) is 12. The fourth-order valence-electron chi connectivity index (χ4n) is 10.1. The first-order valence-electron chi connectivity index (χ1n) is 20.4. The summed E-state index contributed by atoms with van der Waals surface area (Å²) in [5.41, 5.74) is -6.65. The van der Waals surface area contributed by atoms with Gasteiger partial charge in [-0.3, -0.25) is 4.79 Å². The molecule has 2 aromatic rings. The molecule has 2 aromatic carbocycles. The number of ether oxygens (including phenoxy) is 4. The quantitative estimate of drug-likeness (QED) is 0.103. The van der Waals surface area contributed by atoms with Crippen LogP contribution in [0.4, 0.5) is 4.79 Å². The third-order valence-electron chi connectivity index (χ3n) is 13.8. The van der Waals surface area contributed by atoms with E-state index in [1.807, 2.05) is 20.8 Å². The van der Waals surface area contributed by atoms with Gasteiger partial charge in [-0.05, 0) is 70.4 Å². The maximum Gasteiger partial charge on any atom is 0.408 e. The van der Waals surface area contributed by atoms with Crippen LogP contribution in [-0.2, 0) is 33.2 Å². The summed E-state index contributed by atoms with van der Waals surface area (Å²) in [5.74, 6) is -3.43. The minimum atomic E-state index is -2.10. The molecule has 4 N–H and O–H groups in total. The molecule has 4 aliphatic rings. The van der Waals surface area contributed by atoms with Gasteiger partial charge >= 0.3 is 18.0 Å². The topological polar surface area (TPSA) is 187 Å². The van der Waals surface area contributed by atoms with Crippen LogP contribution < -0.4 is 5.32 Å². The second kappa shape index (κ2) is 15.8. The molecule has 3 aliphatic carbocycles. The van der Waals surface area contributed by atoms with Crippen LogP contribution in [-0.4, -0.2) is 101 Å². The van der Waals surface area contributed by atoms with Crippen LogP contribution >= 0.6 is 0 Å². The van der Waals surface area contributed by atoms with Gasteiger partial charge in [0, 0.05) is 29.6 Å². The van der Waals surface area contributed by atoms with Gasteiger partial charge in [0.25, 0.3) is 7.48 Å². The van der Waals surface area contributed by atoms with Crippen molar-refractivity contribution in [3.63, 3.8) is 0 Å². The first-order chi connectivity index (χ1) is 27.5. The molecule has 1 unspecified atom stereocenters. The summed E-state index contributed by atoms with van der Waals surface area (Å²) in [4.78, 5) is 57.0. The van der Waals surface area contributed by atoms with Crippen molar-refractivity contribution < 1.29 is 58.1 Å². The average Bonchev–Trinajstić information content (AvgIpc) is 3.17. The molecule has 1 amide bonds. The number of esters is 2. The Hall–Kier alpha value is -4.08. The van der Waals surface area contributed by atoms with Crippen molar-refractivity contribution in [1.82, 2.24) is 5.32 Å². The molecule has 0 spiro atoms. The number of alkyl carbamates (subject to hydrolysis) is 1. The summed E-state index contributed by atoms with van der Waals surface area (Å²) < 4.78 is 30.7. The van der Waals surface area contributed by atoms with Crippen LogP contribution in [0.15, 0.2) is 71.8 Å². The number of aliphatic hydroxyl groups excluding tert-OH is 2. The van der Waals surface area contributed by atoms with Crippen molar-refractivity contribution >= 4 is 31.3 Å². The van der Waals surface area contributed by atoms with E-state index in [1.165, 1.54) is 7.48 Å². The Morgan fingerprint density at radius 3 is 2.14 bits per heavy atom. The third kappa shape index (κ3) is 7.43. The van der Waals surface area contributed by atoms with E-state index in [1.54, 1.807) is 109 Å². The number of carbonyl (C=O) groups excluding carboxylic acids is 4. The molecule has 59 heavy (non-hydrogen) atoms. The molecule has 2 saturated carbocycles. The number of nitrogens with one attached hydrogen (secondary N) is 1. The van der Waals surface area contributed by atoms with Crippen LogP contribution in [0.1, 0.15) is 104 Å². The lowest BCUT2D eigenvalue weighted by Crippen LogP contribution is -2.80. The lowest BCUT2D eigenvalue weighted by molar-refractivity contribution is -0.353. The van der Waals surface area contributed by atoms with Gasteiger partial charge in [0.2, 0.25) is 0 Å². The SMILES string of the molecule is CC[B]O[C@H]1C(=O)[C@]2(C)C(O)C[C@@]3(C)OC[C@@]3(C)[C@H]2[C@H](OC(=O)c2ccccc2)[C@]2(O)C[C@H](OC(=O)[C@H](O)[C@@H](NC(=O)OC(C)(C)C)c3ccccc3)C(C)=C1C2(C)C. The van der Waals surface area contributed by atoms with Crippen molar-refractivity contribution in [2.75, 3.05) is 6.61 Å². The standard InChI is InChI=1S/C45H59BNO12/c1-11-46-59-33-30-25(2)28(56-38(52)32(49)31(26-18-14-12-15-19-26)47-39(53)58-40(3,4)5)22-45(54,41(30,6)7)36(57-37(51)27-20-16-13-17-21-27)34-42(8)24-55-43(42,9)23-29(48)44(34,10)35(33)50/h12-21,28-29,31-34,36,48-49,54H,11,22-24H2,1-10H3,(H,47,53)/t28-,29?,31-,32+,33+,34+,36-,42-,43+,44+,45+/m0/s1. The van der Waals surface area contributed by atoms with Gasteiger partial charge in [0.15, 0.2) is 11.9 Å². The second-order valence-electron chi connectivity index (χ2n) is 18.8. The summed E-state index contributed by atoms with van der Waals surface area (Å²) in [5, 5.41) is 40.2. The molecule has 3 fully saturated rings. The monoisotopic (exact) mass is 816 g/mol. The van der Waals surface area contributed by atoms with E-state index in [2.05, 4.69) is 5.32 Å². The number of benzene rings is 2. The molecule has 0 aromatic heterocycles. The maximum atomic E-state index is 15.5. The molecule has 11 atom stereocenters. The highest BCUT2D eigenvalue weighted by atomic mass is 16.6. The van der Waals surface area contributed by atoms with Crippen LogP contribution in [0.5, 0.6) is 0 Å². The summed E-state index contributed by atoms with van der Waals surface area (Å²) >= 11 is 0. The van der Waals surface area contributed by atoms with Crippen molar-refractivity contribution in [2.45, 2.75) is 142 Å². The van der Waals surface area contributed by atoms with Gasteiger partial charge in [-0.2, -0.15) is 0 Å². The lowest BCUT2D eigenvalue weighted by Gasteiger charge is -2.71. The molecule has 14 heteroatoms. The van der Waals surface area contributed by atoms with Crippen molar-refractivity contribution in [3.05, 3.63) is 82.9 Å². The first kappa shape index (κ1) is 44.5. The maximum absolute atomic E-state index is 15.5. The van der Waals surface area contributed by atoms with E-state index in [9.17, 15) is 29.7 Å². The Morgan fingerprint density at radius 1 is 0.966 bits per heavy atom. The van der Waals surface area contributed by atoms with E-state index in [4.69, 9.17) is 23.6 Å². The van der Waals surface area contributed by atoms with Crippen LogP contribution in [0, 0.1) is 22.2 Å². The zero-order valence-electron chi connectivity index (χ0n) is 35.7. The zero-order valence-corrected chi connectivity index (χ0v) is 35.7. The number of ketones is 1. The Morgan fingerprint density at radius 2 is 1.58 bits per heavy atom. The molecule has 2 bridgehead atoms. The molecular formula is C45H59BNO12. The molecule has 13 nitrogen and oxygen atoms in total. The minimum absolute atomic E-state index is 0.101. The van der Waals surface area contributed by atoms with Gasteiger partial charge in [-0.15, -0.1) is 0 Å². The summed E-state index contributed by atoms with van der Waals surface area (Å²) in [7, 11) is 1.49. The average molecular weight is 817 g/mol. The number of amides is 1. The first-order valence-corrected chi connectivity index (χ1v) is 20.4. The van der Waals surface area contributed by atoms with Crippen LogP contribution in [0.2, 0.25) is 6.32 Å². The Kier molecular flexibility index (Phi) is 11.9. The van der Waals surface area contributed by atoms with Gasteiger partial charge in [0.05, 0.1) is 35.3 Å². The Bertz CT molecular complexity index is 1970. The van der Waals surface area contributed by atoms with Crippen molar-refractivity contribution in [3.8, 4) is 0 Å². The normalized spacial score (nSPS) is 34.7. The fraction of sp³-hybridized carbons (Fsp3) is 0.600. The number of hydrogen-bond donors (Lipinski definition) is 4. The lowest BCUT2D eigenvalue weighted by atomic mass is 9.40. The predicted octanol–water partition coefficient (Wildman–Crippen LogP) is 5.44. The molecule has 6 rings (SSSR count). The molecule has 1 aliphatic heterocycles. The van der Waals surface area contributed by atoms with Gasteiger partial charge in [-0.1, -0.05) is 82.5 Å². The van der Waals surface area contributed by atoms with Crippen molar-refractivity contribution in [1.29, 1.82) is 0 Å². The van der Waals surface area contributed by atoms with Gasteiger partial charge in [-0.25, -0.2) is 14.4 Å². The minimum Gasteiger partial charge on any atom is -0.456 e. The smallest absolute Gasteiger partial charge is 0.408 e. The van der Waals surface area contributed by atoms with E-state index < -0.39 is 99.3 Å². The van der Waals surface area contributed by atoms with E-state index in [-0.39, 0.29) is 30.6 Å². The van der Waals surface area contributed by atoms with Crippen LogP contribution in [0.25, 0.3) is 0 Å². The largest absolute Gasteiger partial charge is 0.456 e. The summed E-state index contributed by atoms with van der Waals surface area (Å²) in [6.45, 7) is 17.6. The summed E-state index contributed by atoms with van der Waals surface area (Å²) in [6.07, 6.45) is -8.11. The molecule has 319 valence electrons. The number of rotatable bonds is 10. The number of fused-ring (bicyclic) bond motifs is 5. The highest BCUT2D eigenvalue weighted by molar-refractivity contribution is 6.27. The predicted molar refractivity (Wildman–Crippen MR) is 217 cm³/mol. The van der Waals surface area contributed by atoms with Crippen molar-refractivity contribution in [2.24, 2.45) is 22.2 Å². The molecule has 1 radical (unpaired) electrons. The third-order valence-corrected chi connectivity index (χ3v) is 13.8. The molecule has 1 saturated heterocycles. The number of carbonyl (C=O) groups is 4. The fourth-order valence-corrected chi connectivity index (χ4v) is 10.1. The van der Waals surface area contributed by atoms with Gasteiger partial charge < -0.3 is 44.2 Å². The number of Topliss-reactive ketones (excluding diaryl/α,β-unsaturated/α-hetero) is 1. The Balaban J connectivity index is 1.51. The van der Waals surface area contributed by atoms with E-state index >= 15 is 4.79 Å². The summed E-state index contributed by atoms with van der Waals surface area (Å²) in [6, 6.07) is 15.4. The highest BCUT2D eigenvalue weighted by Gasteiger charge is 2.78. The molecular weight excluding hydrogens is 757 g/mol.